The summed E-state index contributed by atoms with van der Waals surface area (Å²) in [6, 6.07) is 8.18. The number of aryl methyl sites for hydroxylation is 2. The Labute approximate surface area is 112 Å². The normalized spacial score (nSPS) is 10.8. The molecule has 2 rings (SSSR count). The van der Waals surface area contributed by atoms with Crippen molar-refractivity contribution in [1.82, 2.24) is 9.78 Å². The van der Waals surface area contributed by atoms with Gasteiger partial charge in [0.2, 0.25) is 0 Å². The van der Waals surface area contributed by atoms with Crippen LogP contribution in [-0.4, -0.2) is 9.78 Å². The fraction of sp³-hybridized carbons (Fsp3) is 0.250. The topological polar surface area (TPSA) is 17.8 Å². The largest absolute Gasteiger partial charge is 0.266 e. The molecule has 0 unspecified atom stereocenters. The van der Waals surface area contributed by atoms with Crippen molar-refractivity contribution < 1.29 is 0 Å². The fourth-order valence-corrected chi connectivity index (χ4v) is 3.03. The Bertz CT molecular complexity index is 518. The molecule has 0 amide bonds. The van der Waals surface area contributed by atoms with Crippen LogP contribution in [0.2, 0.25) is 0 Å². The number of hydrogen-bond donors (Lipinski definition) is 0. The minimum absolute atomic E-state index is 0.929. The molecule has 0 saturated carbocycles. The van der Waals surface area contributed by atoms with Gasteiger partial charge in [0.05, 0.1) is 15.9 Å². The average molecular weight is 344 g/mol. The molecular formula is C12H12Br2N2. The Morgan fingerprint density at radius 3 is 2.50 bits per heavy atom. The molecule has 1 aromatic carbocycles. The first-order valence-electron chi connectivity index (χ1n) is 5.11. The summed E-state index contributed by atoms with van der Waals surface area (Å²) in [5.41, 5.74) is 3.36. The highest BCUT2D eigenvalue weighted by Crippen LogP contribution is 2.35. The minimum atomic E-state index is 0.929. The van der Waals surface area contributed by atoms with Gasteiger partial charge < -0.3 is 0 Å². The molecule has 0 bridgehead atoms. The minimum Gasteiger partial charge on any atom is -0.266 e. The quantitative estimate of drug-likeness (QED) is 0.800. The molecule has 1 heterocycles. The van der Waals surface area contributed by atoms with Gasteiger partial charge in [-0.2, -0.15) is 5.10 Å². The van der Waals surface area contributed by atoms with Crippen LogP contribution in [0.1, 0.15) is 12.6 Å². The third-order valence-electron chi connectivity index (χ3n) is 2.52. The second-order valence-electron chi connectivity index (χ2n) is 3.57. The van der Waals surface area contributed by atoms with E-state index in [1.54, 1.807) is 0 Å². The molecule has 0 N–H and O–H groups in total. The summed E-state index contributed by atoms with van der Waals surface area (Å²) in [4.78, 5) is 0. The first-order chi connectivity index (χ1) is 7.65. The Kier molecular flexibility index (Phi) is 3.50. The lowest BCUT2D eigenvalue weighted by molar-refractivity contribution is 0.752. The number of halogens is 2. The van der Waals surface area contributed by atoms with Crippen molar-refractivity contribution in [1.29, 1.82) is 0 Å². The summed E-state index contributed by atoms with van der Waals surface area (Å²) < 4.78 is 4.09. The summed E-state index contributed by atoms with van der Waals surface area (Å²) in [7, 11) is 1.97. The SMILES string of the molecule is CCc1nn(C)c(-c2ccccc2Br)c1Br. The van der Waals surface area contributed by atoms with Crippen LogP contribution in [0.15, 0.2) is 33.2 Å². The van der Waals surface area contributed by atoms with Crippen molar-refractivity contribution in [2.24, 2.45) is 7.05 Å². The van der Waals surface area contributed by atoms with E-state index >= 15 is 0 Å². The van der Waals surface area contributed by atoms with Gasteiger partial charge in [-0.1, -0.05) is 41.1 Å². The van der Waals surface area contributed by atoms with Crippen LogP contribution in [0, 0.1) is 0 Å². The molecular weight excluding hydrogens is 332 g/mol. The van der Waals surface area contributed by atoms with Gasteiger partial charge in [-0.25, -0.2) is 0 Å². The van der Waals surface area contributed by atoms with Gasteiger partial charge in [-0.15, -0.1) is 0 Å². The van der Waals surface area contributed by atoms with Gasteiger partial charge in [-0.3, -0.25) is 4.68 Å². The molecule has 0 fully saturated rings. The average Bonchev–Trinajstić information content (AvgIpc) is 2.55. The Balaban J connectivity index is 2.65. The Hall–Kier alpha value is -0.610. The predicted molar refractivity (Wildman–Crippen MR) is 73.4 cm³/mol. The molecule has 0 spiro atoms. The van der Waals surface area contributed by atoms with E-state index in [9.17, 15) is 0 Å². The van der Waals surface area contributed by atoms with Gasteiger partial charge >= 0.3 is 0 Å². The van der Waals surface area contributed by atoms with E-state index in [0.717, 1.165) is 32.3 Å². The Morgan fingerprint density at radius 1 is 1.25 bits per heavy atom. The van der Waals surface area contributed by atoms with E-state index in [1.807, 2.05) is 29.9 Å². The van der Waals surface area contributed by atoms with Crippen molar-refractivity contribution in [3.8, 4) is 11.3 Å². The number of aromatic nitrogens is 2. The first-order valence-corrected chi connectivity index (χ1v) is 6.70. The van der Waals surface area contributed by atoms with Crippen molar-refractivity contribution in [2.75, 3.05) is 0 Å². The molecule has 0 aliphatic carbocycles. The van der Waals surface area contributed by atoms with Gasteiger partial charge in [0.1, 0.15) is 0 Å². The third-order valence-corrected chi connectivity index (χ3v) is 4.04. The van der Waals surface area contributed by atoms with Crippen LogP contribution < -0.4 is 0 Å². The second kappa shape index (κ2) is 4.72. The van der Waals surface area contributed by atoms with Crippen LogP contribution in [0.4, 0.5) is 0 Å². The van der Waals surface area contributed by atoms with Crippen LogP contribution in [0.5, 0.6) is 0 Å². The number of rotatable bonds is 2. The Morgan fingerprint density at radius 2 is 1.94 bits per heavy atom. The van der Waals surface area contributed by atoms with Gasteiger partial charge in [0, 0.05) is 17.1 Å². The standard InChI is InChI=1S/C12H12Br2N2/c1-3-10-11(14)12(16(2)15-10)8-6-4-5-7-9(8)13/h4-7H,3H2,1-2H3. The lowest BCUT2D eigenvalue weighted by Gasteiger charge is -2.05. The van der Waals surface area contributed by atoms with Crippen molar-refractivity contribution in [3.63, 3.8) is 0 Å². The number of nitrogens with zero attached hydrogens (tertiary/aromatic N) is 2. The number of hydrogen-bond acceptors (Lipinski definition) is 1. The highest BCUT2D eigenvalue weighted by molar-refractivity contribution is 9.11. The molecule has 0 atom stereocenters. The van der Waals surface area contributed by atoms with Crippen molar-refractivity contribution >= 4 is 31.9 Å². The van der Waals surface area contributed by atoms with Crippen molar-refractivity contribution in [3.05, 3.63) is 38.9 Å². The monoisotopic (exact) mass is 342 g/mol. The molecule has 16 heavy (non-hydrogen) atoms. The molecule has 0 aliphatic rings. The van der Waals surface area contributed by atoms with Crippen LogP contribution in [-0.2, 0) is 13.5 Å². The van der Waals surface area contributed by atoms with Crippen LogP contribution in [0.25, 0.3) is 11.3 Å². The summed E-state index contributed by atoms with van der Waals surface area (Å²) in [5, 5.41) is 4.50. The maximum absolute atomic E-state index is 4.50. The van der Waals surface area contributed by atoms with Crippen LogP contribution in [0.3, 0.4) is 0 Å². The van der Waals surface area contributed by atoms with E-state index in [0.29, 0.717) is 0 Å². The molecule has 0 radical (unpaired) electrons. The summed E-state index contributed by atoms with van der Waals surface area (Å²) in [5.74, 6) is 0. The van der Waals surface area contributed by atoms with Crippen molar-refractivity contribution in [2.45, 2.75) is 13.3 Å². The molecule has 84 valence electrons. The maximum Gasteiger partial charge on any atom is 0.0835 e. The molecule has 0 saturated heterocycles. The zero-order chi connectivity index (χ0) is 11.7. The maximum atomic E-state index is 4.50. The molecule has 2 aromatic rings. The highest BCUT2D eigenvalue weighted by atomic mass is 79.9. The van der Waals surface area contributed by atoms with Gasteiger partial charge in [-0.05, 0) is 28.4 Å². The lowest BCUT2D eigenvalue weighted by Crippen LogP contribution is -1.94. The highest BCUT2D eigenvalue weighted by Gasteiger charge is 2.15. The molecule has 1 aromatic heterocycles. The zero-order valence-electron chi connectivity index (χ0n) is 9.17. The summed E-state index contributed by atoms with van der Waals surface area (Å²) in [6.07, 6.45) is 0.929. The first kappa shape index (κ1) is 11.9. The number of benzene rings is 1. The third kappa shape index (κ3) is 1.96. The van der Waals surface area contributed by atoms with Gasteiger partial charge in [0.25, 0.3) is 0 Å². The van der Waals surface area contributed by atoms with E-state index < -0.39 is 0 Å². The summed E-state index contributed by atoms with van der Waals surface area (Å²) >= 11 is 7.20. The molecule has 4 heteroatoms. The summed E-state index contributed by atoms with van der Waals surface area (Å²) in [6.45, 7) is 2.11. The van der Waals surface area contributed by atoms with E-state index in [2.05, 4.69) is 49.9 Å². The van der Waals surface area contributed by atoms with Gasteiger partial charge in [0.15, 0.2) is 0 Å². The van der Waals surface area contributed by atoms with E-state index in [1.165, 1.54) is 0 Å². The predicted octanol–water partition coefficient (Wildman–Crippen LogP) is 4.17. The lowest BCUT2D eigenvalue weighted by atomic mass is 10.1. The zero-order valence-corrected chi connectivity index (χ0v) is 12.3. The smallest absolute Gasteiger partial charge is 0.0835 e. The fourth-order valence-electron chi connectivity index (χ4n) is 1.73. The van der Waals surface area contributed by atoms with E-state index in [-0.39, 0.29) is 0 Å². The molecule has 2 nitrogen and oxygen atoms in total. The molecule has 0 aliphatic heterocycles. The van der Waals surface area contributed by atoms with E-state index in [4.69, 9.17) is 0 Å². The van der Waals surface area contributed by atoms with Crippen LogP contribution >= 0.6 is 31.9 Å². The second-order valence-corrected chi connectivity index (χ2v) is 5.21.